The van der Waals surface area contributed by atoms with Gasteiger partial charge in [0, 0.05) is 10.0 Å². The van der Waals surface area contributed by atoms with Gasteiger partial charge in [0.25, 0.3) is 11.8 Å². The minimum atomic E-state index is -0.530. The topological polar surface area (TPSA) is 87.3 Å². The molecule has 0 radical (unpaired) electrons. The lowest BCUT2D eigenvalue weighted by molar-refractivity contribution is -0.121. The number of hydrazine groups is 1. The molecule has 0 saturated carbocycles. The number of hydrogen-bond donors (Lipinski definition) is 3. The van der Waals surface area contributed by atoms with Crippen molar-refractivity contribution in [3.63, 3.8) is 0 Å². The number of amides is 3. The molecular weight excluding hydrogens is 434 g/mol. The molecule has 6 nitrogen and oxygen atoms in total. The lowest BCUT2D eigenvalue weighted by Crippen LogP contribution is -2.42. The van der Waals surface area contributed by atoms with Crippen molar-refractivity contribution < 1.29 is 14.4 Å². The molecule has 0 fully saturated rings. The van der Waals surface area contributed by atoms with Crippen LogP contribution in [0.15, 0.2) is 83.3 Å². The first kappa shape index (κ1) is 20.3. The highest BCUT2D eigenvalue weighted by atomic mass is 79.9. The van der Waals surface area contributed by atoms with Gasteiger partial charge in [-0.25, -0.2) is 0 Å². The molecule has 3 aromatic carbocycles. The zero-order valence-electron chi connectivity index (χ0n) is 15.3. The summed E-state index contributed by atoms with van der Waals surface area (Å²) in [5.74, 6) is -1.22. The molecule has 0 bridgehead atoms. The fourth-order valence-electron chi connectivity index (χ4n) is 2.61. The normalized spacial score (nSPS) is 10.1. The summed E-state index contributed by atoms with van der Waals surface area (Å²) in [6.45, 7) is 0. The molecule has 7 heteroatoms. The fraction of sp³-hybridized carbons (Fsp3) is 0.0455. The number of nitrogens with one attached hydrogen (secondary N) is 3. The van der Waals surface area contributed by atoms with Gasteiger partial charge in [-0.3, -0.25) is 25.2 Å². The molecule has 0 atom stereocenters. The molecule has 0 aromatic heterocycles. The third-order valence-corrected chi connectivity index (χ3v) is 4.58. The van der Waals surface area contributed by atoms with E-state index in [0.29, 0.717) is 11.3 Å². The second-order valence-electron chi connectivity index (χ2n) is 6.17. The van der Waals surface area contributed by atoms with Crippen molar-refractivity contribution in [2.45, 2.75) is 6.42 Å². The summed E-state index contributed by atoms with van der Waals surface area (Å²) in [7, 11) is 0. The summed E-state index contributed by atoms with van der Waals surface area (Å²) in [5, 5.41) is 2.73. The molecule has 0 saturated heterocycles. The second-order valence-corrected chi connectivity index (χ2v) is 7.09. The van der Waals surface area contributed by atoms with Crippen molar-refractivity contribution in [2.24, 2.45) is 0 Å². The van der Waals surface area contributed by atoms with E-state index in [1.807, 2.05) is 30.3 Å². The zero-order chi connectivity index (χ0) is 20.6. The van der Waals surface area contributed by atoms with Gasteiger partial charge in [0.05, 0.1) is 17.7 Å². The molecular formula is C22H18BrN3O3. The Kier molecular flexibility index (Phi) is 6.76. The minimum Gasteiger partial charge on any atom is -0.321 e. The van der Waals surface area contributed by atoms with Crippen LogP contribution in [0, 0.1) is 0 Å². The molecule has 3 N–H and O–H groups in total. The summed E-state index contributed by atoms with van der Waals surface area (Å²) in [6.07, 6.45) is 0.142. The Hall–Kier alpha value is -3.45. The van der Waals surface area contributed by atoms with Crippen LogP contribution in [0.5, 0.6) is 0 Å². The summed E-state index contributed by atoms with van der Waals surface area (Å²) in [4.78, 5) is 37.0. The van der Waals surface area contributed by atoms with Crippen LogP contribution >= 0.6 is 15.9 Å². The van der Waals surface area contributed by atoms with E-state index in [9.17, 15) is 14.4 Å². The molecule has 146 valence electrons. The van der Waals surface area contributed by atoms with Crippen LogP contribution in [0.3, 0.4) is 0 Å². The van der Waals surface area contributed by atoms with Gasteiger partial charge in [-0.15, -0.1) is 0 Å². The number of anilines is 1. The van der Waals surface area contributed by atoms with Crippen LogP contribution < -0.4 is 16.2 Å². The smallest absolute Gasteiger partial charge is 0.271 e. The summed E-state index contributed by atoms with van der Waals surface area (Å²) in [6, 6.07) is 22.6. The maximum atomic E-state index is 12.5. The van der Waals surface area contributed by atoms with Gasteiger partial charge in [0.15, 0.2) is 0 Å². The first-order valence-corrected chi connectivity index (χ1v) is 9.61. The van der Waals surface area contributed by atoms with Gasteiger partial charge in [0.2, 0.25) is 5.91 Å². The van der Waals surface area contributed by atoms with Crippen molar-refractivity contribution in [3.05, 3.63) is 100 Å². The highest BCUT2D eigenvalue weighted by Gasteiger charge is 2.15. The highest BCUT2D eigenvalue weighted by Crippen LogP contribution is 2.17. The van der Waals surface area contributed by atoms with Crippen molar-refractivity contribution in [1.29, 1.82) is 0 Å². The van der Waals surface area contributed by atoms with Gasteiger partial charge >= 0.3 is 0 Å². The number of hydrogen-bond acceptors (Lipinski definition) is 3. The first-order chi connectivity index (χ1) is 14.0. The monoisotopic (exact) mass is 451 g/mol. The molecule has 0 spiro atoms. The number of para-hydroxylation sites is 1. The van der Waals surface area contributed by atoms with Gasteiger partial charge in [-0.1, -0.05) is 58.4 Å². The van der Waals surface area contributed by atoms with Crippen LogP contribution in [0.4, 0.5) is 5.69 Å². The van der Waals surface area contributed by atoms with Crippen molar-refractivity contribution in [2.75, 3.05) is 5.32 Å². The highest BCUT2D eigenvalue weighted by molar-refractivity contribution is 9.10. The van der Waals surface area contributed by atoms with Crippen LogP contribution in [-0.2, 0) is 11.2 Å². The van der Waals surface area contributed by atoms with Gasteiger partial charge in [-0.2, -0.15) is 0 Å². The molecule has 0 unspecified atom stereocenters. The van der Waals surface area contributed by atoms with Crippen LogP contribution in [0.2, 0.25) is 0 Å². The third-order valence-electron chi connectivity index (χ3n) is 4.05. The molecule has 0 heterocycles. The Bertz CT molecular complexity index is 1020. The Morgan fingerprint density at radius 1 is 0.724 bits per heavy atom. The molecule has 29 heavy (non-hydrogen) atoms. The van der Waals surface area contributed by atoms with E-state index in [4.69, 9.17) is 0 Å². The molecule has 3 aromatic rings. The summed E-state index contributed by atoms with van der Waals surface area (Å²) < 4.78 is 0.861. The molecule has 3 amide bonds. The van der Waals surface area contributed by atoms with Gasteiger partial charge in [-0.05, 0) is 42.0 Å². The van der Waals surface area contributed by atoms with Crippen LogP contribution in [-0.4, -0.2) is 17.7 Å². The molecule has 3 rings (SSSR count). The van der Waals surface area contributed by atoms with Crippen molar-refractivity contribution >= 4 is 39.3 Å². The van der Waals surface area contributed by atoms with Crippen LogP contribution in [0.1, 0.15) is 26.3 Å². The average molecular weight is 452 g/mol. The lowest BCUT2D eigenvalue weighted by atomic mass is 10.1. The lowest BCUT2D eigenvalue weighted by Gasteiger charge is -2.12. The number of halogens is 1. The van der Waals surface area contributed by atoms with E-state index in [2.05, 4.69) is 32.1 Å². The first-order valence-electron chi connectivity index (χ1n) is 8.82. The number of rotatable bonds is 5. The summed E-state index contributed by atoms with van der Waals surface area (Å²) in [5.41, 5.74) is 6.64. The number of carbonyl (C=O) groups is 3. The van der Waals surface area contributed by atoms with Gasteiger partial charge in [0.1, 0.15) is 0 Å². The Morgan fingerprint density at radius 3 is 2.10 bits per heavy atom. The van der Waals surface area contributed by atoms with Crippen molar-refractivity contribution in [3.8, 4) is 0 Å². The largest absolute Gasteiger partial charge is 0.321 e. The summed E-state index contributed by atoms with van der Waals surface area (Å²) >= 11 is 3.32. The maximum Gasteiger partial charge on any atom is 0.271 e. The van der Waals surface area contributed by atoms with Crippen LogP contribution in [0.25, 0.3) is 0 Å². The third kappa shape index (κ3) is 5.76. The van der Waals surface area contributed by atoms with E-state index in [0.717, 1.165) is 10.0 Å². The minimum absolute atomic E-state index is 0.142. The average Bonchev–Trinajstić information content (AvgIpc) is 2.73. The predicted molar refractivity (Wildman–Crippen MR) is 114 cm³/mol. The van der Waals surface area contributed by atoms with E-state index in [-0.39, 0.29) is 23.8 Å². The molecule has 0 aliphatic carbocycles. The standard InChI is InChI=1S/C22H18BrN3O3/c23-17-12-10-16(11-13-17)21(28)24-19-9-5-4-8-18(19)22(29)26-25-20(27)14-15-6-2-1-3-7-15/h1-13H,14H2,(H,24,28)(H,25,27)(H,26,29). The van der Waals surface area contributed by atoms with Gasteiger partial charge < -0.3 is 5.32 Å². The van der Waals surface area contributed by atoms with E-state index >= 15 is 0 Å². The Balaban J connectivity index is 1.63. The van der Waals surface area contributed by atoms with E-state index < -0.39 is 5.91 Å². The number of carbonyl (C=O) groups excluding carboxylic acids is 3. The molecule has 0 aliphatic heterocycles. The maximum absolute atomic E-state index is 12.5. The Morgan fingerprint density at radius 2 is 1.38 bits per heavy atom. The number of benzene rings is 3. The Labute approximate surface area is 176 Å². The quantitative estimate of drug-likeness (QED) is 0.516. The molecule has 0 aliphatic rings. The van der Waals surface area contributed by atoms with Crippen molar-refractivity contribution in [1.82, 2.24) is 10.9 Å². The second kappa shape index (κ2) is 9.66. The zero-order valence-corrected chi connectivity index (χ0v) is 16.9. The SMILES string of the molecule is O=C(Cc1ccccc1)NNC(=O)c1ccccc1NC(=O)c1ccc(Br)cc1. The van der Waals surface area contributed by atoms with E-state index in [1.54, 1.807) is 48.5 Å². The van der Waals surface area contributed by atoms with E-state index in [1.165, 1.54) is 0 Å². The predicted octanol–water partition coefficient (Wildman–Crippen LogP) is 3.71. The fourth-order valence-corrected chi connectivity index (χ4v) is 2.87.